The van der Waals surface area contributed by atoms with Crippen LogP contribution in [0.25, 0.3) is 10.7 Å². The minimum Gasteiger partial charge on any atom is -0.469 e. The van der Waals surface area contributed by atoms with Crippen LogP contribution in [-0.4, -0.2) is 34.7 Å². The fourth-order valence-electron chi connectivity index (χ4n) is 2.42. The van der Waals surface area contributed by atoms with Gasteiger partial charge >= 0.3 is 5.97 Å². The van der Waals surface area contributed by atoms with Crippen LogP contribution in [0.4, 0.5) is 0 Å². The van der Waals surface area contributed by atoms with E-state index in [1.807, 2.05) is 35.7 Å². The molecule has 2 heterocycles. The predicted molar refractivity (Wildman–Crippen MR) is 94.8 cm³/mol. The summed E-state index contributed by atoms with van der Waals surface area (Å²) in [6, 6.07) is 14.0. The molecule has 0 saturated carbocycles. The smallest absolute Gasteiger partial charge is 0.306 e. The van der Waals surface area contributed by atoms with Crippen molar-refractivity contribution < 1.29 is 14.1 Å². The molecule has 0 atom stereocenters. The minimum absolute atomic E-state index is 0.233. The number of nitrogens with zero attached hydrogens (tertiary/aromatic N) is 3. The van der Waals surface area contributed by atoms with Crippen molar-refractivity contribution in [2.75, 3.05) is 13.7 Å². The van der Waals surface area contributed by atoms with Gasteiger partial charge in [0, 0.05) is 13.1 Å². The van der Waals surface area contributed by atoms with E-state index in [0.717, 1.165) is 10.4 Å². The van der Waals surface area contributed by atoms with E-state index >= 15 is 0 Å². The Balaban J connectivity index is 1.69. The molecule has 0 N–H and O–H groups in total. The number of thiophene rings is 1. The Bertz CT molecular complexity index is 787. The standard InChI is InChI=1S/C18H19N3O3S/c1-23-17(22)9-10-21(12-14-6-3-2-4-7-14)13-16-19-18(20-24-16)15-8-5-11-25-15/h2-8,11H,9-10,12-13H2,1H3. The fourth-order valence-corrected chi connectivity index (χ4v) is 3.07. The van der Waals surface area contributed by atoms with E-state index in [1.54, 1.807) is 11.3 Å². The van der Waals surface area contributed by atoms with E-state index in [4.69, 9.17) is 9.26 Å². The molecule has 3 aromatic rings. The lowest BCUT2D eigenvalue weighted by Gasteiger charge is -2.19. The first-order valence-electron chi connectivity index (χ1n) is 7.94. The van der Waals surface area contributed by atoms with Crippen LogP contribution in [0.1, 0.15) is 17.9 Å². The first kappa shape index (κ1) is 17.3. The number of benzene rings is 1. The van der Waals surface area contributed by atoms with Gasteiger partial charge in [0.15, 0.2) is 0 Å². The molecule has 0 radical (unpaired) electrons. The van der Waals surface area contributed by atoms with E-state index in [1.165, 1.54) is 7.11 Å². The van der Waals surface area contributed by atoms with Crippen molar-refractivity contribution in [2.24, 2.45) is 0 Å². The number of esters is 1. The number of hydrogen-bond donors (Lipinski definition) is 0. The molecule has 0 aliphatic heterocycles. The minimum atomic E-state index is -0.233. The Morgan fingerprint density at radius 3 is 2.76 bits per heavy atom. The second-order valence-corrected chi connectivity index (χ2v) is 6.46. The van der Waals surface area contributed by atoms with Crippen LogP contribution in [0.3, 0.4) is 0 Å². The third-order valence-corrected chi connectivity index (χ3v) is 4.54. The molecule has 130 valence electrons. The van der Waals surface area contributed by atoms with Crippen molar-refractivity contribution in [2.45, 2.75) is 19.5 Å². The molecular weight excluding hydrogens is 338 g/mol. The Morgan fingerprint density at radius 2 is 2.04 bits per heavy atom. The maximum absolute atomic E-state index is 11.5. The molecule has 0 saturated heterocycles. The topological polar surface area (TPSA) is 68.5 Å². The molecule has 25 heavy (non-hydrogen) atoms. The van der Waals surface area contributed by atoms with Gasteiger partial charge in [-0.3, -0.25) is 9.69 Å². The quantitative estimate of drug-likeness (QED) is 0.576. The highest BCUT2D eigenvalue weighted by Crippen LogP contribution is 2.21. The summed E-state index contributed by atoms with van der Waals surface area (Å²) >= 11 is 1.57. The van der Waals surface area contributed by atoms with Gasteiger partial charge in [-0.05, 0) is 17.0 Å². The monoisotopic (exact) mass is 357 g/mol. The summed E-state index contributed by atoms with van der Waals surface area (Å²) in [5.41, 5.74) is 1.16. The van der Waals surface area contributed by atoms with Crippen LogP contribution in [0, 0.1) is 0 Å². The summed E-state index contributed by atoms with van der Waals surface area (Å²) in [5.74, 6) is 0.893. The highest BCUT2D eigenvalue weighted by molar-refractivity contribution is 7.13. The second kappa shape index (κ2) is 8.55. The Labute approximate surface area is 150 Å². The van der Waals surface area contributed by atoms with Crippen molar-refractivity contribution in [3.05, 3.63) is 59.3 Å². The van der Waals surface area contributed by atoms with Gasteiger partial charge in [0.2, 0.25) is 11.7 Å². The Hall–Kier alpha value is -2.51. The average molecular weight is 357 g/mol. The number of carbonyl (C=O) groups is 1. The second-order valence-electron chi connectivity index (χ2n) is 5.51. The number of aromatic nitrogens is 2. The van der Waals surface area contributed by atoms with Crippen LogP contribution < -0.4 is 0 Å². The van der Waals surface area contributed by atoms with Crippen molar-refractivity contribution in [3.8, 4) is 10.7 Å². The summed E-state index contributed by atoms with van der Waals surface area (Å²) in [4.78, 5) is 19.0. The third kappa shape index (κ3) is 4.98. The van der Waals surface area contributed by atoms with Crippen molar-refractivity contribution in [3.63, 3.8) is 0 Å². The maximum atomic E-state index is 11.5. The van der Waals surface area contributed by atoms with Gasteiger partial charge in [-0.25, -0.2) is 0 Å². The summed E-state index contributed by atoms with van der Waals surface area (Å²) in [7, 11) is 1.40. The fraction of sp³-hybridized carbons (Fsp3) is 0.278. The lowest BCUT2D eigenvalue weighted by atomic mass is 10.2. The van der Waals surface area contributed by atoms with E-state index in [2.05, 4.69) is 27.2 Å². The Morgan fingerprint density at radius 1 is 1.20 bits per heavy atom. The molecule has 1 aromatic carbocycles. The van der Waals surface area contributed by atoms with E-state index in [0.29, 0.717) is 37.8 Å². The van der Waals surface area contributed by atoms with Crippen LogP contribution >= 0.6 is 11.3 Å². The van der Waals surface area contributed by atoms with Crippen LogP contribution in [-0.2, 0) is 22.6 Å². The summed E-state index contributed by atoms with van der Waals surface area (Å²) in [6.45, 7) is 1.72. The molecule has 0 spiro atoms. The zero-order valence-electron chi connectivity index (χ0n) is 13.9. The summed E-state index contributed by atoms with van der Waals surface area (Å²) in [5, 5.41) is 6.01. The first-order valence-corrected chi connectivity index (χ1v) is 8.82. The van der Waals surface area contributed by atoms with Crippen LogP contribution in [0.5, 0.6) is 0 Å². The van der Waals surface area contributed by atoms with Crippen molar-refractivity contribution >= 4 is 17.3 Å². The molecule has 0 fully saturated rings. The number of rotatable bonds is 8. The molecule has 0 amide bonds. The lowest BCUT2D eigenvalue weighted by molar-refractivity contribution is -0.141. The van der Waals surface area contributed by atoms with Gasteiger partial charge in [0.1, 0.15) is 0 Å². The molecule has 0 aliphatic carbocycles. The van der Waals surface area contributed by atoms with Gasteiger partial charge in [0.05, 0.1) is 25.0 Å². The van der Waals surface area contributed by atoms with Crippen molar-refractivity contribution in [1.29, 1.82) is 0 Å². The molecule has 6 nitrogen and oxygen atoms in total. The predicted octanol–water partition coefficient (Wildman–Crippen LogP) is 3.36. The zero-order valence-corrected chi connectivity index (χ0v) is 14.7. The molecule has 3 rings (SSSR count). The van der Waals surface area contributed by atoms with E-state index in [9.17, 15) is 4.79 Å². The SMILES string of the molecule is COC(=O)CCN(Cc1ccccc1)Cc1nc(-c2cccs2)no1. The largest absolute Gasteiger partial charge is 0.469 e. The highest BCUT2D eigenvalue weighted by Gasteiger charge is 2.15. The molecule has 0 aliphatic rings. The average Bonchev–Trinajstić information content (AvgIpc) is 3.31. The number of hydrogen-bond acceptors (Lipinski definition) is 7. The summed E-state index contributed by atoms with van der Waals surface area (Å²) < 4.78 is 10.1. The van der Waals surface area contributed by atoms with Crippen molar-refractivity contribution in [1.82, 2.24) is 15.0 Å². The molecule has 7 heteroatoms. The Kier molecular flexibility index (Phi) is 5.92. The highest BCUT2D eigenvalue weighted by atomic mass is 32.1. The zero-order chi connectivity index (χ0) is 17.5. The first-order chi connectivity index (χ1) is 12.2. The van der Waals surface area contributed by atoms with Gasteiger partial charge in [-0.2, -0.15) is 4.98 Å². The van der Waals surface area contributed by atoms with E-state index in [-0.39, 0.29) is 5.97 Å². The number of carbonyl (C=O) groups excluding carboxylic acids is 1. The third-order valence-electron chi connectivity index (χ3n) is 3.68. The normalized spacial score (nSPS) is 11.0. The lowest BCUT2D eigenvalue weighted by Crippen LogP contribution is -2.26. The molecule has 0 unspecified atom stereocenters. The van der Waals surface area contributed by atoms with Gasteiger partial charge in [-0.1, -0.05) is 41.6 Å². The van der Waals surface area contributed by atoms with Crippen LogP contribution in [0.15, 0.2) is 52.4 Å². The molecule has 0 bridgehead atoms. The van der Waals surface area contributed by atoms with Gasteiger partial charge in [-0.15, -0.1) is 11.3 Å². The maximum Gasteiger partial charge on any atom is 0.306 e. The van der Waals surface area contributed by atoms with E-state index < -0.39 is 0 Å². The van der Waals surface area contributed by atoms with Crippen LogP contribution in [0.2, 0.25) is 0 Å². The van der Waals surface area contributed by atoms with Gasteiger partial charge in [0.25, 0.3) is 0 Å². The number of ether oxygens (including phenoxy) is 1. The van der Waals surface area contributed by atoms with Gasteiger partial charge < -0.3 is 9.26 Å². The summed E-state index contributed by atoms with van der Waals surface area (Å²) in [6.07, 6.45) is 0.315. The molecule has 2 aromatic heterocycles. The molecular formula is C18H19N3O3S. The number of methoxy groups -OCH3 is 1.